The summed E-state index contributed by atoms with van der Waals surface area (Å²) in [5.74, 6) is -0.481. The summed E-state index contributed by atoms with van der Waals surface area (Å²) in [5, 5.41) is 0. The maximum atomic E-state index is 13.4. The molecule has 0 N–H and O–H groups in total. The first kappa shape index (κ1) is 9.12. The number of hydrogen-bond acceptors (Lipinski definition) is 1. The molecule has 2 nitrogen and oxygen atoms in total. The summed E-state index contributed by atoms with van der Waals surface area (Å²) in [6.07, 6.45) is -3.61. The Hall–Kier alpha value is -1.45. The first-order valence-electron chi connectivity index (χ1n) is 4.30. The number of amides is 1. The fourth-order valence-electron chi connectivity index (χ4n) is 1.70. The van der Waals surface area contributed by atoms with E-state index < -0.39 is 18.4 Å². The lowest BCUT2D eigenvalue weighted by atomic mass is 10.1. The molecule has 4 heteroatoms. The molecule has 0 unspecified atom stereocenters. The Bertz CT molecular complexity index is 380. The van der Waals surface area contributed by atoms with Gasteiger partial charge >= 0.3 is 0 Å². The molecule has 14 heavy (non-hydrogen) atoms. The van der Waals surface area contributed by atoms with E-state index in [1.807, 2.05) is 0 Å². The zero-order chi connectivity index (χ0) is 10.3. The van der Waals surface area contributed by atoms with Crippen LogP contribution in [-0.4, -0.2) is 12.2 Å². The van der Waals surface area contributed by atoms with E-state index in [9.17, 15) is 13.6 Å². The monoisotopic (exact) mass is 197 g/mol. The number of halogens is 2. The molecule has 1 aliphatic heterocycles. The molecule has 0 fully saturated rings. The topological polar surface area (TPSA) is 20.3 Å². The van der Waals surface area contributed by atoms with E-state index in [4.69, 9.17) is 0 Å². The van der Waals surface area contributed by atoms with Crippen LogP contribution < -0.4 is 4.90 Å². The lowest BCUT2D eigenvalue weighted by Crippen LogP contribution is -2.33. The number of hydrogen-bond donors (Lipinski definition) is 0. The van der Waals surface area contributed by atoms with Gasteiger partial charge in [0.1, 0.15) is 0 Å². The van der Waals surface area contributed by atoms with Crippen molar-refractivity contribution in [1.29, 1.82) is 0 Å². The molecule has 1 aromatic rings. The van der Waals surface area contributed by atoms with Gasteiger partial charge in [-0.25, -0.2) is 8.78 Å². The van der Waals surface area contributed by atoms with Crippen molar-refractivity contribution in [3.05, 3.63) is 29.8 Å². The minimum absolute atomic E-state index is 0.246. The molecule has 1 aromatic carbocycles. The van der Waals surface area contributed by atoms with Crippen LogP contribution in [0.25, 0.3) is 0 Å². The number of alkyl halides is 2. The number of benzene rings is 1. The van der Waals surface area contributed by atoms with Crippen molar-refractivity contribution < 1.29 is 13.6 Å². The lowest BCUT2D eigenvalue weighted by Gasteiger charge is -2.17. The molecule has 2 rings (SSSR count). The molecular weight excluding hydrogens is 188 g/mol. The normalized spacial score (nSPS) is 24.9. The third-order valence-corrected chi connectivity index (χ3v) is 2.32. The van der Waals surface area contributed by atoms with Gasteiger partial charge in [0.15, 0.2) is 6.17 Å². The third kappa shape index (κ3) is 1.10. The van der Waals surface area contributed by atoms with Crippen molar-refractivity contribution in [2.24, 2.45) is 0 Å². The fraction of sp³-hybridized carbons (Fsp3) is 0.300. The molecule has 0 bridgehead atoms. The largest absolute Gasteiger partial charge is 0.278 e. The molecule has 0 saturated heterocycles. The second-order valence-electron chi connectivity index (χ2n) is 3.22. The van der Waals surface area contributed by atoms with Crippen LogP contribution in [-0.2, 0) is 4.79 Å². The van der Waals surface area contributed by atoms with Gasteiger partial charge in [-0.1, -0.05) is 18.2 Å². The van der Waals surface area contributed by atoms with Gasteiger partial charge in [-0.05, 0) is 6.07 Å². The summed E-state index contributed by atoms with van der Waals surface area (Å²) in [6.45, 7) is 1.22. The molecule has 1 amide bonds. The summed E-state index contributed by atoms with van der Waals surface area (Å²) in [7, 11) is 0. The number of nitrogens with zero attached hydrogens (tertiary/aromatic N) is 1. The summed E-state index contributed by atoms with van der Waals surface area (Å²) in [5.41, 5.74) is 0.579. The van der Waals surface area contributed by atoms with Crippen LogP contribution in [0.4, 0.5) is 14.5 Å². The molecule has 2 atom stereocenters. The number of carbonyl (C=O) groups excluding carboxylic acids is 1. The van der Waals surface area contributed by atoms with Crippen molar-refractivity contribution >= 4 is 11.6 Å². The van der Waals surface area contributed by atoms with Crippen LogP contribution in [0, 0.1) is 0 Å². The molecule has 0 saturated carbocycles. The molecule has 1 aliphatic rings. The van der Waals surface area contributed by atoms with Crippen molar-refractivity contribution in [3.63, 3.8) is 0 Å². The van der Waals surface area contributed by atoms with Gasteiger partial charge < -0.3 is 0 Å². The fourth-order valence-corrected chi connectivity index (χ4v) is 1.70. The van der Waals surface area contributed by atoms with Crippen molar-refractivity contribution in [3.8, 4) is 0 Å². The molecule has 0 aromatic heterocycles. The second-order valence-corrected chi connectivity index (χ2v) is 3.22. The molecule has 0 spiro atoms. The second kappa shape index (κ2) is 3.04. The standard InChI is InChI=1S/C10H9F2NO/c1-6(14)13-8-5-3-2-4-7(8)9(11)10(13)12/h2-5,9-10H,1H3/t9-,10+/m0/s1. The summed E-state index contributed by atoms with van der Waals surface area (Å²) >= 11 is 0. The Labute approximate surface area is 80.1 Å². The van der Waals surface area contributed by atoms with Gasteiger partial charge in [0, 0.05) is 12.5 Å². The average Bonchev–Trinajstić information content (AvgIpc) is 2.41. The maximum absolute atomic E-state index is 13.4. The molecule has 74 valence electrons. The molecule has 0 radical (unpaired) electrons. The van der Waals surface area contributed by atoms with E-state index in [0.29, 0.717) is 5.69 Å². The van der Waals surface area contributed by atoms with E-state index >= 15 is 0 Å². The van der Waals surface area contributed by atoms with Gasteiger partial charge in [0.25, 0.3) is 0 Å². The van der Waals surface area contributed by atoms with Crippen LogP contribution in [0.2, 0.25) is 0 Å². The highest BCUT2D eigenvalue weighted by Crippen LogP contribution is 2.42. The zero-order valence-electron chi connectivity index (χ0n) is 7.58. The summed E-state index contributed by atoms with van der Waals surface area (Å²) in [4.78, 5) is 11.9. The third-order valence-electron chi connectivity index (χ3n) is 2.32. The maximum Gasteiger partial charge on any atom is 0.226 e. The highest BCUT2D eigenvalue weighted by atomic mass is 19.2. The Kier molecular flexibility index (Phi) is 1.98. The highest BCUT2D eigenvalue weighted by molar-refractivity contribution is 5.94. The van der Waals surface area contributed by atoms with E-state index in [1.165, 1.54) is 13.0 Å². The lowest BCUT2D eigenvalue weighted by molar-refractivity contribution is -0.118. The molecular formula is C10H9F2NO. The Morgan fingerprint density at radius 2 is 2.00 bits per heavy atom. The van der Waals surface area contributed by atoms with Crippen molar-refractivity contribution in [2.45, 2.75) is 19.4 Å². The Balaban J connectivity index is 2.53. The Morgan fingerprint density at radius 1 is 1.36 bits per heavy atom. The van der Waals surface area contributed by atoms with Gasteiger partial charge in [-0.3, -0.25) is 9.69 Å². The van der Waals surface area contributed by atoms with Crippen molar-refractivity contribution in [2.75, 3.05) is 4.90 Å². The minimum atomic E-state index is -1.88. The van der Waals surface area contributed by atoms with E-state index in [2.05, 4.69) is 0 Å². The van der Waals surface area contributed by atoms with Gasteiger partial charge in [0.2, 0.25) is 12.2 Å². The first-order chi connectivity index (χ1) is 6.63. The minimum Gasteiger partial charge on any atom is -0.278 e. The van der Waals surface area contributed by atoms with E-state index in [1.54, 1.807) is 18.2 Å². The van der Waals surface area contributed by atoms with E-state index in [0.717, 1.165) is 4.90 Å². The Morgan fingerprint density at radius 3 is 2.64 bits per heavy atom. The number of carbonyl (C=O) groups is 1. The quantitative estimate of drug-likeness (QED) is 0.584. The highest BCUT2D eigenvalue weighted by Gasteiger charge is 2.40. The van der Waals surface area contributed by atoms with Crippen LogP contribution in [0.5, 0.6) is 0 Å². The number of anilines is 1. The zero-order valence-corrected chi connectivity index (χ0v) is 7.58. The molecule has 1 heterocycles. The van der Waals surface area contributed by atoms with Gasteiger partial charge in [-0.15, -0.1) is 0 Å². The van der Waals surface area contributed by atoms with Gasteiger partial charge in [0.05, 0.1) is 5.69 Å². The summed E-state index contributed by atoms with van der Waals surface area (Å²) in [6, 6.07) is 6.32. The summed E-state index contributed by atoms with van der Waals surface area (Å²) < 4.78 is 26.7. The number of para-hydroxylation sites is 1. The number of rotatable bonds is 0. The van der Waals surface area contributed by atoms with Crippen LogP contribution in [0.15, 0.2) is 24.3 Å². The van der Waals surface area contributed by atoms with Gasteiger partial charge in [-0.2, -0.15) is 0 Å². The van der Waals surface area contributed by atoms with Crippen LogP contribution >= 0.6 is 0 Å². The smallest absolute Gasteiger partial charge is 0.226 e. The molecule has 0 aliphatic carbocycles. The first-order valence-corrected chi connectivity index (χ1v) is 4.30. The van der Waals surface area contributed by atoms with Crippen molar-refractivity contribution in [1.82, 2.24) is 0 Å². The predicted molar refractivity (Wildman–Crippen MR) is 48.3 cm³/mol. The van der Waals surface area contributed by atoms with Crippen LogP contribution in [0.3, 0.4) is 0 Å². The predicted octanol–water partition coefficient (Wildman–Crippen LogP) is 2.36. The van der Waals surface area contributed by atoms with E-state index in [-0.39, 0.29) is 5.56 Å². The van der Waals surface area contributed by atoms with Crippen LogP contribution in [0.1, 0.15) is 18.7 Å². The SMILES string of the molecule is CC(=O)N1c2ccccc2[C@H](F)[C@@H]1F. The average molecular weight is 197 g/mol. The number of fused-ring (bicyclic) bond motifs is 1.